The number of benzene rings is 2. The van der Waals surface area contributed by atoms with Crippen molar-refractivity contribution in [2.45, 2.75) is 38.3 Å². The molecule has 0 bridgehead atoms. The van der Waals surface area contributed by atoms with Crippen molar-refractivity contribution >= 4 is 27.5 Å². The maximum absolute atomic E-state index is 13.9. The van der Waals surface area contributed by atoms with E-state index in [0.717, 1.165) is 46.7 Å². The third kappa shape index (κ3) is 5.15. The van der Waals surface area contributed by atoms with E-state index in [2.05, 4.69) is 21.3 Å². The standard InChI is InChI=1S/C23H26FN3O2S/c1-29-20-7-6-16(14-18(20)24)15-27-12-10-17(11-13-27)25-22(28)8-9-23-26-19-4-2-3-5-21(19)30-23/h2-7,14,17H,8-13,15H2,1H3,(H,25,28). The summed E-state index contributed by atoms with van der Waals surface area (Å²) in [4.78, 5) is 19.3. The van der Waals surface area contributed by atoms with E-state index in [1.54, 1.807) is 17.4 Å². The van der Waals surface area contributed by atoms with E-state index in [1.807, 2.05) is 24.3 Å². The number of nitrogens with one attached hydrogen (secondary N) is 1. The molecule has 0 aliphatic carbocycles. The summed E-state index contributed by atoms with van der Waals surface area (Å²) in [5, 5.41) is 4.17. The normalized spacial score (nSPS) is 15.4. The molecule has 1 fully saturated rings. The first-order chi connectivity index (χ1) is 14.6. The van der Waals surface area contributed by atoms with E-state index in [4.69, 9.17) is 4.74 Å². The largest absolute Gasteiger partial charge is 0.494 e. The van der Waals surface area contributed by atoms with Crippen LogP contribution in [0.5, 0.6) is 5.75 Å². The first kappa shape index (κ1) is 20.8. The number of piperidine rings is 1. The Morgan fingerprint density at radius 3 is 2.80 bits per heavy atom. The molecule has 1 N–H and O–H groups in total. The van der Waals surface area contributed by atoms with Crippen molar-refractivity contribution in [1.29, 1.82) is 0 Å². The quantitative estimate of drug-likeness (QED) is 0.615. The van der Waals surface area contributed by atoms with Gasteiger partial charge in [0.1, 0.15) is 0 Å². The highest BCUT2D eigenvalue weighted by atomic mass is 32.1. The molecule has 0 atom stereocenters. The number of hydrogen-bond acceptors (Lipinski definition) is 5. The van der Waals surface area contributed by atoms with Crippen molar-refractivity contribution in [3.05, 3.63) is 58.9 Å². The minimum Gasteiger partial charge on any atom is -0.494 e. The molecule has 30 heavy (non-hydrogen) atoms. The minimum absolute atomic E-state index is 0.0879. The van der Waals surface area contributed by atoms with E-state index in [-0.39, 0.29) is 23.5 Å². The van der Waals surface area contributed by atoms with E-state index in [1.165, 1.54) is 13.2 Å². The summed E-state index contributed by atoms with van der Waals surface area (Å²) < 4.78 is 20.0. The fourth-order valence-corrected chi connectivity index (χ4v) is 4.82. The van der Waals surface area contributed by atoms with Crippen LogP contribution in [0, 0.1) is 5.82 Å². The zero-order valence-corrected chi connectivity index (χ0v) is 17.9. The van der Waals surface area contributed by atoms with Gasteiger partial charge in [-0.3, -0.25) is 9.69 Å². The van der Waals surface area contributed by atoms with Crippen molar-refractivity contribution < 1.29 is 13.9 Å². The fourth-order valence-electron chi connectivity index (χ4n) is 3.85. The Morgan fingerprint density at radius 2 is 2.07 bits per heavy atom. The van der Waals surface area contributed by atoms with Crippen LogP contribution in [-0.4, -0.2) is 42.0 Å². The molecule has 4 rings (SSSR count). The number of nitrogens with zero attached hydrogens (tertiary/aromatic N) is 2. The van der Waals surface area contributed by atoms with Crippen LogP contribution in [0.3, 0.4) is 0 Å². The Kier molecular flexibility index (Phi) is 6.59. The first-order valence-corrected chi connectivity index (χ1v) is 11.1. The Labute approximate surface area is 179 Å². The van der Waals surface area contributed by atoms with Gasteiger partial charge >= 0.3 is 0 Å². The molecule has 2 aromatic carbocycles. The van der Waals surface area contributed by atoms with Gasteiger partial charge in [-0.05, 0) is 42.7 Å². The van der Waals surface area contributed by atoms with Gasteiger partial charge in [-0.2, -0.15) is 0 Å². The highest BCUT2D eigenvalue weighted by Crippen LogP contribution is 2.23. The molecule has 1 amide bonds. The van der Waals surface area contributed by atoms with Gasteiger partial charge in [0.2, 0.25) is 5.91 Å². The summed E-state index contributed by atoms with van der Waals surface area (Å²) >= 11 is 1.66. The fraction of sp³-hybridized carbons (Fsp3) is 0.391. The third-order valence-electron chi connectivity index (χ3n) is 5.48. The number of ether oxygens (including phenoxy) is 1. The number of likely N-dealkylation sites (tertiary alicyclic amines) is 1. The lowest BCUT2D eigenvalue weighted by Crippen LogP contribution is -2.44. The number of aromatic nitrogens is 1. The Balaban J connectivity index is 1.20. The minimum atomic E-state index is -0.328. The summed E-state index contributed by atoms with van der Waals surface area (Å²) in [6.07, 6.45) is 2.95. The topological polar surface area (TPSA) is 54.5 Å². The van der Waals surface area contributed by atoms with Crippen LogP contribution in [-0.2, 0) is 17.8 Å². The van der Waals surface area contributed by atoms with Crippen LogP contribution >= 0.6 is 11.3 Å². The first-order valence-electron chi connectivity index (χ1n) is 10.3. The van der Waals surface area contributed by atoms with E-state index in [9.17, 15) is 9.18 Å². The van der Waals surface area contributed by atoms with Gasteiger partial charge in [0.05, 0.1) is 22.3 Å². The molecule has 0 spiro atoms. The highest BCUT2D eigenvalue weighted by Gasteiger charge is 2.21. The molecule has 1 aromatic heterocycles. The number of para-hydroxylation sites is 1. The van der Waals surface area contributed by atoms with Crippen LogP contribution < -0.4 is 10.1 Å². The highest BCUT2D eigenvalue weighted by molar-refractivity contribution is 7.18. The summed E-state index contributed by atoms with van der Waals surface area (Å²) in [5.41, 5.74) is 1.94. The summed E-state index contributed by atoms with van der Waals surface area (Å²) in [6.45, 7) is 2.48. The molecular formula is C23H26FN3O2S. The van der Waals surface area contributed by atoms with Crippen molar-refractivity contribution in [1.82, 2.24) is 15.2 Å². The predicted octanol–water partition coefficient (Wildman–Crippen LogP) is 4.16. The predicted molar refractivity (Wildman–Crippen MR) is 117 cm³/mol. The Bertz CT molecular complexity index is 982. The van der Waals surface area contributed by atoms with Gasteiger partial charge < -0.3 is 10.1 Å². The zero-order valence-electron chi connectivity index (χ0n) is 17.1. The average Bonchev–Trinajstić information content (AvgIpc) is 3.17. The lowest BCUT2D eigenvalue weighted by molar-refractivity contribution is -0.122. The van der Waals surface area contributed by atoms with Crippen LogP contribution in [0.2, 0.25) is 0 Å². The molecule has 0 saturated carbocycles. The summed E-state index contributed by atoms with van der Waals surface area (Å²) in [5.74, 6) is 0.0289. The van der Waals surface area contributed by atoms with Crippen LogP contribution in [0.4, 0.5) is 4.39 Å². The monoisotopic (exact) mass is 427 g/mol. The zero-order chi connectivity index (χ0) is 20.9. The molecule has 1 saturated heterocycles. The van der Waals surface area contributed by atoms with Crippen LogP contribution in [0.25, 0.3) is 10.2 Å². The smallest absolute Gasteiger partial charge is 0.220 e. The van der Waals surface area contributed by atoms with E-state index >= 15 is 0 Å². The number of methoxy groups -OCH3 is 1. The van der Waals surface area contributed by atoms with Gasteiger partial charge in [-0.15, -0.1) is 11.3 Å². The molecule has 158 valence electrons. The number of halogens is 1. The maximum Gasteiger partial charge on any atom is 0.220 e. The Morgan fingerprint density at radius 1 is 1.27 bits per heavy atom. The number of thiazole rings is 1. The summed E-state index contributed by atoms with van der Waals surface area (Å²) in [7, 11) is 1.47. The molecule has 0 radical (unpaired) electrons. The molecule has 1 aliphatic rings. The van der Waals surface area contributed by atoms with Crippen molar-refractivity contribution in [3.8, 4) is 5.75 Å². The number of fused-ring (bicyclic) bond motifs is 1. The van der Waals surface area contributed by atoms with Crippen LogP contribution in [0.15, 0.2) is 42.5 Å². The van der Waals surface area contributed by atoms with Gasteiger partial charge in [0.25, 0.3) is 0 Å². The average molecular weight is 428 g/mol. The second-order valence-electron chi connectivity index (χ2n) is 7.66. The molecule has 7 heteroatoms. The molecule has 0 unspecified atom stereocenters. The van der Waals surface area contributed by atoms with Crippen molar-refractivity contribution in [3.63, 3.8) is 0 Å². The van der Waals surface area contributed by atoms with Gasteiger partial charge in [-0.25, -0.2) is 9.37 Å². The van der Waals surface area contributed by atoms with Crippen molar-refractivity contribution in [2.75, 3.05) is 20.2 Å². The molecular weight excluding hydrogens is 401 g/mol. The second-order valence-corrected chi connectivity index (χ2v) is 8.78. The molecule has 1 aliphatic heterocycles. The van der Waals surface area contributed by atoms with Gasteiger partial charge in [0, 0.05) is 38.5 Å². The number of rotatable bonds is 7. The van der Waals surface area contributed by atoms with Gasteiger partial charge in [0.15, 0.2) is 11.6 Å². The number of hydrogen-bond donors (Lipinski definition) is 1. The lowest BCUT2D eigenvalue weighted by Gasteiger charge is -2.32. The number of carbonyl (C=O) groups is 1. The lowest BCUT2D eigenvalue weighted by atomic mass is 10.0. The van der Waals surface area contributed by atoms with Crippen LogP contribution in [0.1, 0.15) is 29.8 Å². The maximum atomic E-state index is 13.9. The van der Waals surface area contributed by atoms with E-state index < -0.39 is 0 Å². The second kappa shape index (κ2) is 9.53. The molecule has 3 aromatic rings. The van der Waals surface area contributed by atoms with Gasteiger partial charge in [-0.1, -0.05) is 18.2 Å². The molecule has 5 nitrogen and oxygen atoms in total. The number of amides is 1. The van der Waals surface area contributed by atoms with Crippen molar-refractivity contribution in [2.24, 2.45) is 0 Å². The number of carbonyl (C=O) groups excluding carboxylic acids is 1. The third-order valence-corrected chi connectivity index (χ3v) is 6.58. The summed E-state index contributed by atoms with van der Waals surface area (Å²) in [6, 6.07) is 13.4. The Hall–Kier alpha value is -2.51. The number of aryl methyl sites for hydroxylation is 1. The SMILES string of the molecule is COc1ccc(CN2CCC(NC(=O)CCc3nc4ccccc4s3)CC2)cc1F. The molecule has 2 heterocycles. The van der Waals surface area contributed by atoms with E-state index in [0.29, 0.717) is 19.4 Å².